The first-order valence-corrected chi connectivity index (χ1v) is 13.1. The Hall–Kier alpha value is -2.74. The molecule has 1 saturated heterocycles. The maximum atomic E-state index is 9.91. The Bertz CT molecular complexity index is 1070. The standard InChI is InChI=1S/C26H37N7O/c1-2-3-13-27-26-29-17-22-24(20-9-12-23(28-16-20)32-14-5-4-6-15-32)31-33(25(22)30-26)18-19-7-10-21(34)11-8-19/h9,12,16-17,19,21,34H,2-8,10-11,13-15,18H2,1H3,(H,27,29,30). The third-order valence-electron chi connectivity index (χ3n) is 7.25. The lowest BCUT2D eigenvalue weighted by atomic mass is 9.87. The van der Waals surface area contributed by atoms with Crippen molar-refractivity contribution in [3.63, 3.8) is 0 Å². The first-order chi connectivity index (χ1) is 16.7. The van der Waals surface area contributed by atoms with Gasteiger partial charge in [0.1, 0.15) is 11.5 Å². The molecule has 0 bridgehead atoms. The minimum atomic E-state index is -0.151. The predicted molar refractivity (Wildman–Crippen MR) is 136 cm³/mol. The first-order valence-electron chi connectivity index (χ1n) is 13.1. The van der Waals surface area contributed by atoms with Crippen LogP contribution in [0, 0.1) is 5.92 Å². The highest BCUT2D eigenvalue weighted by Crippen LogP contribution is 2.31. The van der Waals surface area contributed by atoms with E-state index in [9.17, 15) is 5.11 Å². The molecule has 2 N–H and O–H groups in total. The van der Waals surface area contributed by atoms with Crippen LogP contribution in [0.15, 0.2) is 24.5 Å². The van der Waals surface area contributed by atoms with Crippen molar-refractivity contribution >= 4 is 22.8 Å². The number of hydrogen-bond donors (Lipinski definition) is 2. The van der Waals surface area contributed by atoms with Gasteiger partial charge in [-0.1, -0.05) is 13.3 Å². The van der Waals surface area contributed by atoms with Crippen molar-refractivity contribution < 1.29 is 5.11 Å². The second kappa shape index (κ2) is 10.7. The fraction of sp³-hybridized carbons (Fsp3) is 0.615. The number of nitrogens with one attached hydrogen (secondary N) is 1. The highest BCUT2D eigenvalue weighted by molar-refractivity contribution is 5.91. The molecular weight excluding hydrogens is 426 g/mol. The number of aromatic nitrogens is 5. The van der Waals surface area contributed by atoms with E-state index in [2.05, 4.69) is 38.9 Å². The van der Waals surface area contributed by atoms with E-state index in [0.717, 1.165) is 92.8 Å². The fourth-order valence-corrected chi connectivity index (χ4v) is 5.17. The van der Waals surface area contributed by atoms with Gasteiger partial charge in [-0.25, -0.2) is 14.6 Å². The summed E-state index contributed by atoms with van der Waals surface area (Å²) in [6, 6.07) is 4.25. The lowest BCUT2D eigenvalue weighted by Crippen LogP contribution is -2.29. The Morgan fingerprint density at radius 1 is 1.03 bits per heavy atom. The summed E-state index contributed by atoms with van der Waals surface area (Å²) >= 11 is 0. The number of hydrogen-bond acceptors (Lipinski definition) is 7. The van der Waals surface area contributed by atoms with Crippen molar-refractivity contribution in [1.82, 2.24) is 24.7 Å². The number of rotatable bonds is 8. The number of anilines is 2. The fourth-order valence-electron chi connectivity index (χ4n) is 5.17. The molecule has 0 unspecified atom stereocenters. The van der Waals surface area contributed by atoms with Gasteiger partial charge in [0, 0.05) is 44.1 Å². The van der Waals surface area contributed by atoms with Gasteiger partial charge in [0.25, 0.3) is 0 Å². The van der Waals surface area contributed by atoms with E-state index in [1.54, 1.807) is 0 Å². The molecule has 2 aliphatic rings. The summed E-state index contributed by atoms with van der Waals surface area (Å²) in [5, 5.41) is 19.2. The molecular formula is C26H37N7O. The SMILES string of the molecule is CCCCNc1ncc2c(-c3ccc(N4CCCCC4)nc3)nn(CC3CCC(O)CC3)c2n1. The third-order valence-corrected chi connectivity index (χ3v) is 7.25. The summed E-state index contributed by atoms with van der Waals surface area (Å²) in [6.07, 6.45) is 13.5. The van der Waals surface area contributed by atoms with Gasteiger partial charge < -0.3 is 15.3 Å². The smallest absolute Gasteiger partial charge is 0.224 e. The third kappa shape index (κ3) is 5.17. The van der Waals surface area contributed by atoms with Gasteiger partial charge in [0.2, 0.25) is 5.95 Å². The Balaban J connectivity index is 1.44. The summed E-state index contributed by atoms with van der Waals surface area (Å²) in [7, 11) is 0. The summed E-state index contributed by atoms with van der Waals surface area (Å²) in [6.45, 7) is 6.03. The molecule has 8 heteroatoms. The first kappa shape index (κ1) is 23.0. The second-order valence-corrected chi connectivity index (χ2v) is 9.87. The topological polar surface area (TPSA) is 92.0 Å². The Labute approximate surface area is 201 Å². The van der Waals surface area contributed by atoms with Crippen LogP contribution in [-0.2, 0) is 6.54 Å². The minimum absolute atomic E-state index is 0.151. The van der Waals surface area contributed by atoms with E-state index in [0.29, 0.717) is 11.9 Å². The molecule has 34 heavy (non-hydrogen) atoms. The summed E-state index contributed by atoms with van der Waals surface area (Å²) in [4.78, 5) is 16.6. The number of fused-ring (bicyclic) bond motifs is 1. The highest BCUT2D eigenvalue weighted by Gasteiger charge is 2.23. The molecule has 0 atom stereocenters. The molecule has 3 aromatic heterocycles. The van der Waals surface area contributed by atoms with Crippen LogP contribution in [0.5, 0.6) is 0 Å². The zero-order valence-electron chi connectivity index (χ0n) is 20.3. The van der Waals surface area contributed by atoms with Crippen LogP contribution in [0.4, 0.5) is 11.8 Å². The molecule has 2 fully saturated rings. The molecule has 4 heterocycles. The number of aliphatic hydroxyl groups excluding tert-OH is 1. The number of aliphatic hydroxyl groups is 1. The second-order valence-electron chi connectivity index (χ2n) is 9.87. The molecule has 0 aromatic carbocycles. The number of pyridine rings is 1. The maximum absolute atomic E-state index is 9.91. The van der Waals surface area contributed by atoms with Gasteiger partial charge in [-0.15, -0.1) is 0 Å². The largest absolute Gasteiger partial charge is 0.393 e. The Kier molecular flexibility index (Phi) is 7.23. The number of piperidine rings is 1. The average molecular weight is 464 g/mol. The monoisotopic (exact) mass is 463 g/mol. The molecule has 1 aliphatic heterocycles. The van der Waals surface area contributed by atoms with E-state index >= 15 is 0 Å². The van der Waals surface area contributed by atoms with Crippen LogP contribution in [-0.4, -0.2) is 55.6 Å². The van der Waals surface area contributed by atoms with Crippen LogP contribution in [0.1, 0.15) is 64.7 Å². The van der Waals surface area contributed by atoms with E-state index in [-0.39, 0.29) is 6.10 Å². The predicted octanol–water partition coefficient (Wildman–Crippen LogP) is 4.64. The van der Waals surface area contributed by atoms with Gasteiger partial charge in [-0.2, -0.15) is 10.1 Å². The zero-order chi connectivity index (χ0) is 23.3. The molecule has 0 radical (unpaired) electrons. The van der Waals surface area contributed by atoms with Crippen molar-refractivity contribution in [1.29, 1.82) is 0 Å². The molecule has 182 valence electrons. The summed E-state index contributed by atoms with van der Waals surface area (Å²) in [5.74, 6) is 2.21. The number of nitrogens with zero attached hydrogens (tertiary/aromatic N) is 6. The van der Waals surface area contributed by atoms with Gasteiger partial charge in [0.15, 0.2) is 5.65 Å². The van der Waals surface area contributed by atoms with Crippen LogP contribution in [0.2, 0.25) is 0 Å². The normalized spacial score (nSPS) is 21.2. The molecule has 1 saturated carbocycles. The van der Waals surface area contributed by atoms with Crippen molar-refractivity contribution in [2.45, 2.75) is 77.4 Å². The van der Waals surface area contributed by atoms with Crippen LogP contribution >= 0.6 is 0 Å². The molecule has 8 nitrogen and oxygen atoms in total. The van der Waals surface area contributed by atoms with Gasteiger partial charge >= 0.3 is 0 Å². The molecule has 0 spiro atoms. The van der Waals surface area contributed by atoms with Gasteiger partial charge in [-0.3, -0.25) is 0 Å². The minimum Gasteiger partial charge on any atom is -0.393 e. The zero-order valence-corrected chi connectivity index (χ0v) is 20.3. The molecule has 0 amide bonds. The van der Waals surface area contributed by atoms with E-state index in [1.807, 2.05) is 12.4 Å². The lowest BCUT2D eigenvalue weighted by Gasteiger charge is -2.27. The van der Waals surface area contributed by atoms with Crippen molar-refractivity contribution in [3.05, 3.63) is 24.5 Å². The van der Waals surface area contributed by atoms with E-state index < -0.39 is 0 Å². The van der Waals surface area contributed by atoms with Gasteiger partial charge in [0.05, 0.1) is 11.5 Å². The van der Waals surface area contributed by atoms with E-state index in [1.165, 1.54) is 19.3 Å². The quantitative estimate of drug-likeness (QED) is 0.470. The van der Waals surface area contributed by atoms with Crippen LogP contribution in [0.25, 0.3) is 22.3 Å². The van der Waals surface area contributed by atoms with Gasteiger partial charge in [-0.05, 0) is 69.4 Å². The Morgan fingerprint density at radius 3 is 2.59 bits per heavy atom. The summed E-state index contributed by atoms with van der Waals surface area (Å²) < 4.78 is 2.05. The lowest BCUT2D eigenvalue weighted by molar-refractivity contribution is 0.103. The van der Waals surface area contributed by atoms with Crippen LogP contribution < -0.4 is 10.2 Å². The van der Waals surface area contributed by atoms with Crippen molar-refractivity contribution in [2.75, 3.05) is 29.9 Å². The van der Waals surface area contributed by atoms with Crippen molar-refractivity contribution in [3.8, 4) is 11.3 Å². The summed E-state index contributed by atoms with van der Waals surface area (Å²) in [5.41, 5.74) is 2.76. The van der Waals surface area contributed by atoms with Crippen LogP contribution in [0.3, 0.4) is 0 Å². The number of unbranched alkanes of at least 4 members (excludes halogenated alkanes) is 1. The Morgan fingerprint density at radius 2 is 1.85 bits per heavy atom. The molecule has 3 aromatic rings. The van der Waals surface area contributed by atoms with E-state index in [4.69, 9.17) is 15.1 Å². The molecule has 5 rings (SSSR count). The maximum Gasteiger partial charge on any atom is 0.224 e. The van der Waals surface area contributed by atoms with Crippen molar-refractivity contribution in [2.24, 2.45) is 5.92 Å². The highest BCUT2D eigenvalue weighted by atomic mass is 16.3. The average Bonchev–Trinajstić information content (AvgIpc) is 3.24. The molecule has 1 aliphatic carbocycles.